The molecule has 11 heavy (non-hydrogen) atoms. The van der Waals surface area contributed by atoms with Crippen molar-refractivity contribution in [3.63, 3.8) is 0 Å². The Labute approximate surface area is 68.3 Å². The Morgan fingerprint density at radius 2 is 2.45 bits per heavy atom. The van der Waals surface area contributed by atoms with E-state index in [1.54, 1.807) is 0 Å². The molecule has 0 aromatic carbocycles. The molecule has 1 fully saturated rings. The maximum atomic E-state index is 5.28. The quantitative estimate of drug-likeness (QED) is 0.562. The van der Waals surface area contributed by atoms with Crippen molar-refractivity contribution < 1.29 is 4.74 Å². The lowest BCUT2D eigenvalue weighted by atomic mass is 10.2. The SMILES string of the molecule is CCC#CCC1COCCN1. The van der Waals surface area contributed by atoms with E-state index in [1.807, 2.05) is 0 Å². The van der Waals surface area contributed by atoms with E-state index in [0.29, 0.717) is 6.04 Å². The molecule has 1 N–H and O–H groups in total. The number of rotatable bonds is 1. The van der Waals surface area contributed by atoms with Gasteiger partial charge in [-0.15, -0.1) is 11.8 Å². The minimum atomic E-state index is 0.461. The van der Waals surface area contributed by atoms with Crippen LogP contribution in [-0.4, -0.2) is 25.8 Å². The van der Waals surface area contributed by atoms with Crippen LogP contribution in [0.2, 0.25) is 0 Å². The van der Waals surface area contributed by atoms with Crippen molar-refractivity contribution >= 4 is 0 Å². The van der Waals surface area contributed by atoms with Crippen LogP contribution in [-0.2, 0) is 4.74 Å². The minimum absolute atomic E-state index is 0.461. The van der Waals surface area contributed by atoms with Crippen LogP contribution < -0.4 is 5.32 Å². The van der Waals surface area contributed by atoms with E-state index in [9.17, 15) is 0 Å². The highest BCUT2D eigenvalue weighted by molar-refractivity contribution is 5.00. The second kappa shape index (κ2) is 5.17. The molecule has 1 atom stereocenters. The first-order valence-corrected chi connectivity index (χ1v) is 4.20. The molecule has 0 radical (unpaired) electrons. The van der Waals surface area contributed by atoms with Gasteiger partial charge in [0, 0.05) is 25.4 Å². The van der Waals surface area contributed by atoms with Crippen molar-refractivity contribution in [2.24, 2.45) is 0 Å². The van der Waals surface area contributed by atoms with Crippen LogP contribution in [0.1, 0.15) is 19.8 Å². The van der Waals surface area contributed by atoms with Crippen LogP contribution >= 0.6 is 0 Å². The number of hydrogen-bond acceptors (Lipinski definition) is 2. The zero-order chi connectivity index (χ0) is 7.94. The zero-order valence-electron chi connectivity index (χ0n) is 7.02. The van der Waals surface area contributed by atoms with E-state index in [4.69, 9.17) is 4.74 Å². The molecule has 2 nitrogen and oxygen atoms in total. The molecule has 2 heteroatoms. The lowest BCUT2D eigenvalue weighted by Gasteiger charge is -2.21. The van der Waals surface area contributed by atoms with Gasteiger partial charge in [-0.1, -0.05) is 6.92 Å². The number of morpholine rings is 1. The molecule has 1 heterocycles. The summed E-state index contributed by atoms with van der Waals surface area (Å²) in [6.07, 6.45) is 1.88. The number of hydrogen-bond donors (Lipinski definition) is 1. The molecule has 1 rings (SSSR count). The molecule has 62 valence electrons. The highest BCUT2D eigenvalue weighted by atomic mass is 16.5. The van der Waals surface area contributed by atoms with Crippen molar-refractivity contribution in [1.82, 2.24) is 5.32 Å². The van der Waals surface area contributed by atoms with Gasteiger partial charge in [0.2, 0.25) is 0 Å². The van der Waals surface area contributed by atoms with E-state index < -0.39 is 0 Å². The lowest BCUT2D eigenvalue weighted by Crippen LogP contribution is -2.40. The van der Waals surface area contributed by atoms with Gasteiger partial charge < -0.3 is 10.1 Å². The fraction of sp³-hybridized carbons (Fsp3) is 0.778. The fourth-order valence-corrected chi connectivity index (χ4v) is 1.07. The summed E-state index contributed by atoms with van der Waals surface area (Å²) in [5.74, 6) is 6.16. The van der Waals surface area contributed by atoms with E-state index >= 15 is 0 Å². The van der Waals surface area contributed by atoms with E-state index in [0.717, 1.165) is 32.6 Å². The molecule has 0 aliphatic carbocycles. The summed E-state index contributed by atoms with van der Waals surface area (Å²) in [7, 11) is 0. The average molecular weight is 153 g/mol. The topological polar surface area (TPSA) is 21.3 Å². The Bertz CT molecular complexity index is 151. The Hall–Kier alpha value is -0.520. The molecule has 0 aromatic rings. The first-order valence-electron chi connectivity index (χ1n) is 4.20. The van der Waals surface area contributed by atoms with Gasteiger partial charge in [0.1, 0.15) is 0 Å². The van der Waals surface area contributed by atoms with Gasteiger partial charge in [-0.05, 0) is 0 Å². The van der Waals surface area contributed by atoms with Crippen LogP contribution in [0.25, 0.3) is 0 Å². The van der Waals surface area contributed by atoms with Gasteiger partial charge >= 0.3 is 0 Å². The molecule has 0 amide bonds. The summed E-state index contributed by atoms with van der Waals surface area (Å²) in [6, 6.07) is 0.461. The van der Waals surface area contributed by atoms with Crippen molar-refractivity contribution in [2.45, 2.75) is 25.8 Å². The predicted octanol–water partition coefficient (Wildman–Crippen LogP) is 0.778. The normalized spacial score (nSPS) is 23.9. The van der Waals surface area contributed by atoms with Crippen LogP contribution in [0.5, 0.6) is 0 Å². The Morgan fingerprint density at radius 1 is 1.55 bits per heavy atom. The first kappa shape index (κ1) is 8.58. The molecule has 0 bridgehead atoms. The van der Waals surface area contributed by atoms with Crippen LogP contribution in [0, 0.1) is 11.8 Å². The number of nitrogens with one attached hydrogen (secondary N) is 1. The highest BCUT2D eigenvalue weighted by Crippen LogP contribution is 1.96. The molecular formula is C9H15NO. The molecule has 0 aromatic heterocycles. The smallest absolute Gasteiger partial charge is 0.0629 e. The van der Waals surface area contributed by atoms with Crippen molar-refractivity contribution in [3.05, 3.63) is 0 Å². The third-order valence-corrected chi connectivity index (χ3v) is 1.65. The van der Waals surface area contributed by atoms with E-state index in [1.165, 1.54) is 0 Å². The molecule has 1 unspecified atom stereocenters. The second-order valence-corrected chi connectivity index (χ2v) is 2.64. The van der Waals surface area contributed by atoms with Crippen molar-refractivity contribution in [3.8, 4) is 11.8 Å². The zero-order valence-corrected chi connectivity index (χ0v) is 7.02. The summed E-state index contributed by atoms with van der Waals surface area (Å²) in [5.41, 5.74) is 0. The maximum absolute atomic E-state index is 5.28. The fourth-order valence-electron chi connectivity index (χ4n) is 1.07. The predicted molar refractivity (Wildman–Crippen MR) is 45.3 cm³/mol. The highest BCUT2D eigenvalue weighted by Gasteiger charge is 2.10. The molecule has 1 aliphatic heterocycles. The van der Waals surface area contributed by atoms with Gasteiger partial charge in [-0.2, -0.15) is 0 Å². The van der Waals surface area contributed by atoms with E-state index in [-0.39, 0.29) is 0 Å². The van der Waals surface area contributed by atoms with Gasteiger partial charge in [0.25, 0.3) is 0 Å². The first-order chi connectivity index (χ1) is 5.43. The van der Waals surface area contributed by atoms with Crippen LogP contribution in [0.4, 0.5) is 0 Å². The third-order valence-electron chi connectivity index (χ3n) is 1.65. The van der Waals surface area contributed by atoms with Gasteiger partial charge in [0.15, 0.2) is 0 Å². The summed E-state index contributed by atoms with van der Waals surface area (Å²) in [5, 5.41) is 3.35. The largest absolute Gasteiger partial charge is 0.378 e. The lowest BCUT2D eigenvalue weighted by molar-refractivity contribution is 0.0784. The number of ether oxygens (including phenoxy) is 1. The molecule has 0 spiro atoms. The summed E-state index contributed by atoms with van der Waals surface area (Å²) in [4.78, 5) is 0. The van der Waals surface area contributed by atoms with Gasteiger partial charge in [0.05, 0.1) is 13.2 Å². The standard InChI is InChI=1S/C9H15NO/c1-2-3-4-5-9-8-11-7-6-10-9/h9-10H,2,5-8H2,1H3. The minimum Gasteiger partial charge on any atom is -0.378 e. The summed E-state index contributed by atoms with van der Waals surface area (Å²) in [6.45, 7) is 4.70. The molecule has 1 saturated heterocycles. The Balaban J connectivity index is 2.14. The Morgan fingerprint density at radius 3 is 3.09 bits per heavy atom. The Kier molecular flexibility index (Phi) is 4.03. The molecule has 1 aliphatic rings. The maximum Gasteiger partial charge on any atom is 0.0629 e. The molecule has 0 saturated carbocycles. The monoisotopic (exact) mass is 153 g/mol. The van der Waals surface area contributed by atoms with E-state index in [2.05, 4.69) is 24.1 Å². The summed E-state index contributed by atoms with van der Waals surface area (Å²) >= 11 is 0. The van der Waals surface area contributed by atoms with Crippen molar-refractivity contribution in [2.75, 3.05) is 19.8 Å². The molecular weight excluding hydrogens is 138 g/mol. The van der Waals surface area contributed by atoms with Crippen LogP contribution in [0.3, 0.4) is 0 Å². The summed E-state index contributed by atoms with van der Waals surface area (Å²) < 4.78 is 5.28. The van der Waals surface area contributed by atoms with Crippen LogP contribution in [0.15, 0.2) is 0 Å². The average Bonchev–Trinajstić information content (AvgIpc) is 2.07. The second-order valence-electron chi connectivity index (χ2n) is 2.64. The van der Waals surface area contributed by atoms with Gasteiger partial charge in [-0.3, -0.25) is 0 Å². The van der Waals surface area contributed by atoms with Crippen molar-refractivity contribution in [1.29, 1.82) is 0 Å². The van der Waals surface area contributed by atoms with Gasteiger partial charge in [-0.25, -0.2) is 0 Å². The third kappa shape index (κ3) is 3.41.